The summed E-state index contributed by atoms with van der Waals surface area (Å²) in [6.07, 6.45) is 1.81. The molecule has 3 heteroatoms. The van der Waals surface area contributed by atoms with E-state index in [1.807, 2.05) is 30.3 Å². The molecule has 0 fully saturated rings. The van der Waals surface area contributed by atoms with Crippen LogP contribution in [0.25, 0.3) is 6.08 Å². The van der Waals surface area contributed by atoms with Gasteiger partial charge in [-0.2, -0.15) is 0 Å². The lowest BCUT2D eigenvalue weighted by Crippen LogP contribution is -1.64. The van der Waals surface area contributed by atoms with Crippen molar-refractivity contribution in [3.05, 3.63) is 42.5 Å². The molecule has 0 atom stereocenters. The second-order valence-corrected chi connectivity index (χ2v) is 4.26. The van der Waals surface area contributed by atoms with Crippen LogP contribution in [-0.4, -0.2) is 18.2 Å². The van der Waals surface area contributed by atoms with Gasteiger partial charge in [-0.1, -0.05) is 36.9 Å². The van der Waals surface area contributed by atoms with Gasteiger partial charge >= 0.3 is 18.2 Å². The molecule has 1 aromatic rings. The third kappa shape index (κ3) is 6.69. The summed E-state index contributed by atoms with van der Waals surface area (Å²) in [4.78, 5) is 0. The highest BCUT2D eigenvalue weighted by molar-refractivity contribution is 7.22. The molecule has 0 bridgehead atoms. The monoisotopic (exact) mass is 197 g/mol. The largest absolute Gasteiger partial charge is 0.618 e. The number of benzene rings is 1. The maximum Gasteiger partial charge on any atom is 0.618 e. The lowest BCUT2D eigenvalue weighted by molar-refractivity contribution is 1.65. The molecule has 0 aliphatic rings. The molecule has 0 nitrogen and oxygen atoms in total. The Bertz CT molecular complexity index is 187. The van der Waals surface area contributed by atoms with Gasteiger partial charge in [0.05, 0.1) is 0 Å². The molecule has 1 rings (SSSR count). The quantitative estimate of drug-likeness (QED) is 0.608. The van der Waals surface area contributed by atoms with Gasteiger partial charge in [0.25, 0.3) is 0 Å². The summed E-state index contributed by atoms with van der Waals surface area (Å²) in [5, 5.41) is 0. The highest BCUT2D eigenvalue weighted by Gasteiger charge is 1.76. The average molecular weight is 198 g/mol. The molecule has 0 aromatic heterocycles. The van der Waals surface area contributed by atoms with E-state index < -0.39 is 18.2 Å². The maximum atomic E-state index is 4.90. The molecule has 0 unspecified atom stereocenters. The first-order valence-electron chi connectivity index (χ1n) is 3.05. The molecule has 11 heavy (non-hydrogen) atoms. The summed E-state index contributed by atoms with van der Waals surface area (Å²) in [6, 6.07) is 10.6. The highest BCUT2D eigenvalue weighted by Crippen LogP contribution is 1.96. The zero-order chi connectivity index (χ0) is 8.53. The lowest BCUT2D eigenvalue weighted by atomic mass is 10.2. The van der Waals surface area contributed by atoms with Crippen molar-refractivity contribution in [1.82, 2.24) is 0 Å². The van der Waals surface area contributed by atoms with Crippen LogP contribution in [-0.2, 0) is 0 Å². The zero-order valence-corrected chi connectivity index (χ0v) is 8.98. The molecule has 0 amide bonds. The molecule has 1 radical (unpaired) electrons. The van der Waals surface area contributed by atoms with Gasteiger partial charge in [-0.25, -0.2) is 0 Å². The summed E-state index contributed by atoms with van der Waals surface area (Å²) < 4.78 is 0. The van der Waals surface area contributed by atoms with E-state index in [1.165, 1.54) is 0 Å². The average Bonchev–Trinajstić information content (AvgIpc) is 2.08. The molecule has 0 aliphatic carbocycles. The Morgan fingerprint density at radius 2 is 1.82 bits per heavy atom. The molecule has 0 spiro atoms. The summed E-state index contributed by atoms with van der Waals surface area (Å²) in [5.74, 6) is 0. The van der Waals surface area contributed by atoms with Gasteiger partial charge in [-0.3, -0.25) is 0 Å². The third-order valence-electron chi connectivity index (χ3n) is 0.980. The van der Waals surface area contributed by atoms with Gasteiger partial charge in [-0.15, -0.1) is 0 Å². The van der Waals surface area contributed by atoms with E-state index >= 15 is 0 Å². The second kappa shape index (κ2) is 8.40. The molecule has 55 valence electrons. The Morgan fingerprint density at radius 3 is 2.09 bits per heavy atom. The first-order valence-corrected chi connectivity index (χ1v) is 7.33. The fraction of sp³-hybridized carbons (Fsp3) is 0. The van der Waals surface area contributed by atoms with Crippen molar-refractivity contribution in [2.45, 2.75) is 0 Å². The minimum atomic E-state index is -0.639. The van der Waals surface area contributed by atoms with Crippen LogP contribution in [0.4, 0.5) is 0 Å². The fourth-order valence-electron chi connectivity index (χ4n) is 0.536. The number of hydrogen-bond acceptors (Lipinski definition) is 0. The predicted octanol–water partition coefficient (Wildman–Crippen LogP) is 3.13. The topological polar surface area (TPSA) is 0 Å². The predicted molar refractivity (Wildman–Crippen MR) is 52.8 cm³/mol. The highest BCUT2D eigenvalue weighted by atomic mass is 35.6. The van der Waals surface area contributed by atoms with Crippen molar-refractivity contribution in [2.75, 3.05) is 0 Å². The Hall–Kier alpha value is 0.306. The Kier molecular flexibility index (Phi) is 8.64. The van der Waals surface area contributed by atoms with E-state index in [0.717, 1.165) is 5.56 Å². The van der Waals surface area contributed by atoms with Crippen molar-refractivity contribution in [3.63, 3.8) is 0 Å². The third-order valence-corrected chi connectivity index (χ3v) is 0.980. The van der Waals surface area contributed by atoms with Gasteiger partial charge in [-0.05, 0) is 11.6 Å². The fourth-order valence-corrected chi connectivity index (χ4v) is 0.536. The molecule has 0 saturated carbocycles. The second-order valence-electron chi connectivity index (χ2n) is 1.64. The van der Waals surface area contributed by atoms with Crippen molar-refractivity contribution in [3.8, 4) is 0 Å². The molecule has 0 aliphatic heterocycles. The van der Waals surface area contributed by atoms with E-state index in [2.05, 4.69) is 12.6 Å². The molecule has 0 saturated heterocycles. The SMILES string of the molecule is C=Cc1cc[c]cc1.[Cl][Mg][Cl]. The van der Waals surface area contributed by atoms with Crippen molar-refractivity contribution < 1.29 is 0 Å². The van der Waals surface area contributed by atoms with Crippen molar-refractivity contribution in [2.24, 2.45) is 0 Å². The Morgan fingerprint density at radius 1 is 1.36 bits per heavy atom. The standard InChI is InChI=1S/C8H7.2ClH.Mg/c1-2-8-6-4-3-5-7-8;;;/h2,4-7H,1H2;2*1H;/q;;;+2/p-2. The lowest BCUT2D eigenvalue weighted by Gasteiger charge is -1.84. The van der Waals surface area contributed by atoms with Crippen LogP contribution in [0, 0.1) is 6.07 Å². The first-order chi connectivity index (χ1) is 5.35. The number of halogens is 2. The van der Waals surface area contributed by atoms with E-state index in [0.29, 0.717) is 0 Å². The summed E-state index contributed by atoms with van der Waals surface area (Å²) in [6.45, 7) is 3.62. The minimum absolute atomic E-state index is 0.639. The van der Waals surface area contributed by atoms with Crippen LogP contribution in [0.2, 0.25) is 0 Å². The van der Waals surface area contributed by atoms with Gasteiger partial charge in [0.1, 0.15) is 0 Å². The van der Waals surface area contributed by atoms with Crippen LogP contribution < -0.4 is 0 Å². The minimum Gasteiger partial charge on any atom is -0.309 e. The van der Waals surface area contributed by atoms with Crippen LogP contribution in [0.5, 0.6) is 0 Å². The summed E-state index contributed by atoms with van der Waals surface area (Å²) in [5.41, 5.74) is 1.14. The smallest absolute Gasteiger partial charge is 0.309 e. The molecule has 0 heterocycles. The van der Waals surface area contributed by atoms with Crippen LogP contribution in [0.3, 0.4) is 0 Å². The maximum absolute atomic E-state index is 4.90. The van der Waals surface area contributed by atoms with Gasteiger partial charge in [0, 0.05) is 0 Å². The van der Waals surface area contributed by atoms with Crippen LogP contribution >= 0.6 is 18.1 Å². The molecular weight excluding hydrogens is 191 g/mol. The zero-order valence-electron chi connectivity index (χ0n) is 6.06. The normalized spacial score (nSPS) is 7.09. The summed E-state index contributed by atoms with van der Waals surface area (Å²) >= 11 is -0.639. The van der Waals surface area contributed by atoms with Crippen molar-refractivity contribution >= 4 is 42.4 Å². The van der Waals surface area contributed by atoms with Crippen LogP contribution in [0.1, 0.15) is 5.56 Å². The van der Waals surface area contributed by atoms with Gasteiger partial charge in [0.2, 0.25) is 0 Å². The van der Waals surface area contributed by atoms with E-state index in [4.69, 9.17) is 18.1 Å². The number of hydrogen-bond donors (Lipinski definition) is 0. The van der Waals surface area contributed by atoms with E-state index in [9.17, 15) is 0 Å². The van der Waals surface area contributed by atoms with E-state index in [-0.39, 0.29) is 0 Å². The Labute approximate surface area is 84.5 Å². The van der Waals surface area contributed by atoms with Crippen molar-refractivity contribution in [1.29, 1.82) is 0 Å². The summed E-state index contributed by atoms with van der Waals surface area (Å²) in [7, 11) is 9.81. The van der Waals surface area contributed by atoms with Gasteiger partial charge in [0.15, 0.2) is 0 Å². The Balaban J connectivity index is 0.000000292. The molecule has 0 N–H and O–H groups in total. The molecule has 1 aromatic carbocycles. The molecular formula is C8H7Cl2Mg. The van der Waals surface area contributed by atoms with E-state index in [1.54, 1.807) is 0 Å². The van der Waals surface area contributed by atoms with Gasteiger partial charge < -0.3 is 18.1 Å². The number of rotatable bonds is 1. The van der Waals surface area contributed by atoms with Crippen LogP contribution in [0.15, 0.2) is 30.8 Å². The first kappa shape index (κ1) is 11.3.